The first-order valence-corrected chi connectivity index (χ1v) is 13.2. The van der Waals surface area contributed by atoms with Crippen LogP contribution in [0.15, 0.2) is 23.1 Å². The number of fused-ring (bicyclic) bond motifs is 2. The van der Waals surface area contributed by atoms with Crippen molar-refractivity contribution in [2.75, 3.05) is 25.0 Å². The number of nitrogens with zero attached hydrogens (tertiary/aromatic N) is 3. The highest BCUT2D eigenvalue weighted by atomic mass is 32.2. The van der Waals surface area contributed by atoms with Gasteiger partial charge in [0.25, 0.3) is 0 Å². The number of rotatable bonds is 5. The maximum absolute atomic E-state index is 12.8. The highest BCUT2D eigenvalue weighted by Crippen LogP contribution is 2.38. The van der Waals surface area contributed by atoms with Gasteiger partial charge >= 0.3 is 0 Å². The second kappa shape index (κ2) is 8.20. The fourth-order valence-corrected chi connectivity index (χ4v) is 7.43. The molecular weight excluding hydrogens is 452 g/mol. The van der Waals surface area contributed by atoms with Crippen LogP contribution in [0.5, 0.6) is 0 Å². The molecular formula is C21H24N4O5S2. The quantitative estimate of drug-likeness (QED) is 0.661. The van der Waals surface area contributed by atoms with E-state index in [4.69, 9.17) is 0 Å². The van der Waals surface area contributed by atoms with Gasteiger partial charge in [-0.3, -0.25) is 19.3 Å². The van der Waals surface area contributed by atoms with Crippen LogP contribution in [-0.4, -0.2) is 60.0 Å². The molecule has 0 radical (unpaired) electrons. The molecule has 1 aromatic heterocycles. The summed E-state index contributed by atoms with van der Waals surface area (Å²) < 4.78 is 27.7. The molecule has 3 amide bonds. The number of imide groups is 1. The number of thiazole rings is 1. The second-order valence-corrected chi connectivity index (χ2v) is 11.5. The van der Waals surface area contributed by atoms with Crippen LogP contribution < -0.4 is 5.32 Å². The maximum Gasteiger partial charge on any atom is 0.246 e. The zero-order valence-corrected chi connectivity index (χ0v) is 19.1. The van der Waals surface area contributed by atoms with Crippen LogP contribution in [0, 0.1) is 11.8 Å². The van der Waals surface area contributed by atoms with Crippen molar-refractivity contribution in [2.24, 2.45) is 11.8 Å². The fourth-order valence-electron chi connectivity index (χ4n) is 4.89. The van der Waals surface area contributed by atoms with Gasteiger partial charge in [0.2, 0.25) is 27.7 Å². The van der Waals surface area contributed by atoms with E-state index in [-0.39, 0.29) is 35.1 Å². The Balaban J connectivity index is 1.30. The molecule has 3 fully saturated rings. The zero-order valence-electron chi connectivity index (χ0n) is 17.5. The fraction of sp³-hybridized carbons (Fsp3) is 0.524. The molecule has 32 heavy (non-hydrogen) atoms. The number of carbonyl (C=O) groups is 3. The molecule has 2 saturated heterocycles. The van der Waals surface area contributed by atoms with Gasteiger partial charge < -0.3 is 5.32 Å². The Morgan fingerprint density at radius 2 is 1.72 bits per heavy atom. The number of benzene rings is 1. The molecule has 2 aromatic rings. The van der Waals surface area contributed by atoms with Crippen LogP contribution in [0.3, 0.4) is 0 Å². The summed E-state index contributed by atoms with van der Waals surface area (Å²) in [4.78, 5) is 43.3. The van der Waals surface area contributed by atoms with Crippen molar-refractivity contribution in [3.8, 4) is 0 Å². The van der Waals surface area contributed by atoms with E-state index < -0.39 is 15.9 Å². The number of hydrogen-bond acceptors (Lipinski definition) is 7. The summed E-state index contributed by atoms with van der Waals surface area (Å²) in [6.07, 6.45) is 4.99. The summed E-state index contributed by atoms with van der Waals surface area (Å²) in [5, 5.41) is 2.96. The minimum Gasteiger partial charge on any atom is -0.300 e. The van der Waals surface area contributed by atoms with Gasteiger partial charge in [0.1, 0.15) is 6.54 Å². The van der Waals surface area contributed by atoms with E-state index in [0.29, 0.717) is 41.3 Å². The van der Waals surface area contributed by atoms with Crippen LogP contribution >= 0.6 is 11.3 Å². The lowest BCUT2D eigenvalue weighted by molar-refractivity contribution is -0.142. The van der Waals surface area contributed by atoms with Crippen molar-refractivity contribution in [1.29, 1.82) is 0 Å². The van der Waals surface area contributed by atoms with Crippen molar-refractivity contribution < 1.29 is 22.8 Å². The van der Waals surface area contributed by atoms with Gasteiger partial charge in [0.15, 0.2) is 5.13 Å². The maximum atomic E-state index is 12.8. The molecule has 2 unspecified atom stereocenters. The van der Waals surface area contributed by atoms with Crippen LogP contribution in [0.2, 0.25) is 0 Å². The van der Waals surface area contributed by atoms with E-state index in [9.17, 15) is 22.8 Å². The van der Waals surface area contributed by atoms with Gasteiger partial charge in [0.05, 0.1) is 26.9 Å². The first-order valence-electron chi connectivity index (χ1n) is 10.9. The molecule has 170 valence electrons. The Kier molecular flexibility index (Phi) is 5.50. The van der Waals surface area contributed by atoms with E-state index in [0.717, 1.165) is 41.9 Å². The Labute approximate surface area is 189 Å². The first kappa shape index (κ1) is 21.5. The molecule has 1 aromatic carbocycles. The molecule has 0 bridgehead atoms. The average Bonchev–Trinajstić information content (AvgIpc) is 3.50. The van der Waals surface area contributed by atoms with Crippen molar-refractivity contribution >= 4 is 54.4 Å². The summed E-state index contributed by atoms with van der Waals surface area (Å²) in [5.41, 5.74) is 0.574. The SMILES string of the molecule is O=C(CN1C(=O)C2CCCCC2C1=O)Nc1nc2ccc(S(=O)(=O)N3CCCC3)cc2s1. The predicted octanol–water partition coefficient (Wildman–Crippen LogP) is 2.19. The van der Waals surface area contributed by atoms with Crippen LogP contribution in [0.1, 0.15) is 38.5 Å². The lowest BCUT2D eigenvalue weighted by Crippen LogP contribution is -2.38. The largest absolute Gasteiger partial charge is 0.300 e. The third-order valence-electron chi connectivity index (χ3n) is 6.54. The predicted molar refractivity (Wildman–Crippen MR) is 118 cm³/mol. The molecule has 1 aliphatic carbocycles. The van der Waals surface area contributed by atoms with Gasteiger partial charge in [-0.1, -0.05) is 24.2 Å². The number of anilines is 1. The molecule has 2 atom stereocenters. The third-order valence-corrected chi connectivity index (χ3v) is 9.37. The Bertz CT molecular complexity index is 1180. The Morgan fingerprint density at radius 1 is 1.06 bits per heavy atom. The van der Waals surface area contributed by atoms with Crippen LogP contribution in [0.25, 0.3) is 10.2 Å². The van der Waals surface area contributed by atoms with E-state index in [1.165, 1.54) is 10.4 Å². The van der Waals surface area contributed by atoms with Crippen LogP contribution in [-0.2, 0) is 24.4 Å². The standard InChI is InChI=1S/C21H24N4O5S2/c26-18(12-25-19(27)14-5-1-2-6-15(14)20(25)28)23-21-22-16-8-7-13(11-17(16)31-21)32(29,30)24-9-3-4-10-24/h7-8,11,14-15H,1-6,9-10,12H2,(H,22,23,26). The first-order chi connectivity index (χ1) is 15.3. The number of aromatic nitrogens is 1. The third kappa shape index (κ3) is 3.71. The molecule has 5 rings (SSSR count). The van der Waals surface area contributed by atoms with Gasteiger partial charge in [-0.25, -0.2) is 13.4 Å². The summed E-state index contributed by atoms with van der Waals surface area (Å²) in [5.74, 6) is -1.58. The summed E-state index contributed by atoms with van der Waals surface area (Å²) >= 11 is 1.16. The van der Waals surface area contributed by atoms with E-state index in [2.05, 4.69) is 10.3 Å². The number of carbonyl (C=O) groups excluding carboxylic acids is 3. The molecule has 1 saturated carbocycles. The Morgan fingerprint density at radius 3 is 2.38 bits per heavy atom. The minimum absolute atomic E-state index is 0.212. The van der Waals surface area contributed by atoms with Gasteiger partial charge in [-0.15, -0.1) is 0 Å². The normalized spacial score (nSPS) is 24.3. The minimum atomic E-state index is -3.54. The molecule has 2 aliphatic heterocycles. The van der Waals surface area contributed by atoms with Crippen molar-refractivity contribution in [2.45, 2.75) is 43.4 Å². The van der Waals surface area contributed by atoms with Crippen molar-refractivity contribution in [3.63, 3.8) is 0 Å². The number of nitrogens with one attached hydrogen (secondary N) is 1. The van der Waals surface area contributed by atoms with Gasteiger partial charge in [-0.2, -0.15) is 4.31 Å². The Hall–Kier alpha value is -2.37. The second-order valence-electron chi connectivity index (χ2n) is 8.57. The summed E-state index contributed by atoms with van der Waals surface area (Å²) in [6, 6.07) is 4.74. The summed E-state index contributed by atoms with van der Waals surface area (Å²) in [7, 11) is -3.54. The van der Waals surface area contributed by atoms with Crippen LogP contribution in [0.4, 0.5) is 5.13 Å². The number of sulfonamides is 1. The highest BCUT2D eigenvalue weighted by molar-refractivity contribution is 7.89. The smallest absolute Gasteiger partial charge is 0.246 e. The lowest BCUT2D eigenvalue weighted by Gasteiger charge is -2.19. The number of amides is 3. The molecule has 11 heteroatoms. The number of likely N-dealkylation sites (tertiary alicyclic amines) is 1. The summed E-state index contributed by atoms with van der Waals surface area (Å²) in [6.45, 7) is 0.731. The van der Waals surface area contributed by atoms with Crippen molar-refractivity contribution in [3.05, 3.63) is 18.2 Å². The molecule has 1 N–H and O–H groups in total. The van der Waals surface area contributed by atoms with E-state index in [1.807, 2.05) is 0 Å². The monoisotopic (exact) mass is 476 g/mol. The topological polar surface area (TPSA) is 117 Å². The van der Waals surface area contributed by atoms with Crippen molar-refractivity contribution in [1.82, 2.24) is 14.2 Å². The molecule has 3 heterocycles. The molecule has 0 spiro atoms. The van der Waals surface area contributed by atoms with Gasteiger partial charge in [0, 0.05) is 13.1 Å². The van der Waals surface area contributed by atoms with Gasteiger partial charge in [-0.05, 0) is 43.9 Å². The zero-order chi connectivity index (χ0) is 22.5. The number of hydrogen-bond donors (Lipinski definition) is 1. The van der Waals surface area contributed by atoms with E-state index in [1.54, 1.807) is 12.1 Å². The average molecular weight is 477 g/mol. The molecule has 9 nitrogen and oxygen atoms in total. The lowest BCUT2D eigenvalue weighted by atomic mass is 9.81. The van der Waals surface area contributed by atoms with E-state index >= 15 is 0 Å². The molecule has 3 aliphatic rings. The highest BCUT2D eigenvalue weighted by Gasteiger charge is 2.48.